The average Bonchev–Trinajstić information content (AvgIpc) is 2.62. The second-order valence-electron chi connectivity index (χ2n) is 6.55. The zero-order valence-corrected chi connectivity index (χ0v) is 16.5. The number of rotatable bonds is 5. The number of carbonyl (C=O) groups excluding carboxylic acids is 1. The van der Waals surface area contributed by atoms with Gasteiger partial charge in [-0.25, -0.2) is 0 Å². The molecule has 134 valence electrons. The molecule has 0 bridgehead atoms. The number of hydrogen-bond donors (Lipinski definition) is 0. The third-order valence-electron chi connectivity index (χ3n) is 4.57. The van der Waals surface area contributed by atoms with Crippen LogP contribution in [0.4, 0.5) is 0 Å². The van der Waals surface area contributed by atoms with Gasteiger partial charge in [0.15, 0.2) is 6.10 Å². The summed E-state index contributed by atoms with van der Waals surface area (Å²) in [7, 11) is 2.65. The topological polar surface area (TPSA) is 26.3 Å². The summed E-state index contributed by atoms with van der Waals surface area (Å²) in [4.78, 5) is 13.5. The van der Waals surface area contributed by atoms with Gasteiger partial charge in [0.05, 0.1) is 0 Å². The fraction of sp³-hybridized carbons (Fsp3) is 0.174. The molecule has 0 radical (unpaired) electrons. The SMILES string of the molecule is Cc1ccccc1C(Oc1ccc(P)cc1)C(=O)c1c(C)cccc1C.[LiH]. The van der Waals surface area contributed by atoms with Gasteiger partial charge in [0.2, 0.25) is 5.78 Å². The molecule has 3 aromatic rings. The molecule has 0 heterocycles. The molecule has 0 saturated heterocycles. The van der Waals surface area contributed by atoms with E-state index in [1.165, 1.54) is 0 Å². The second kappa shape index (κ2) is 9.38. The first-order valence-corrected chi connectivity index (χ1v) is 9.23. The molecule has 3 rings (SSSR count). The van der Waals surface area contributed by atoms with Crippen molar-refractivity contribution in [1.29, 1.82) is 0 Å². The monoisotopic (exact) mass is 370 g/mol. The van der Waals surface area contributed by atoms with Crippen LogP contribution < -0.4 is 10.0 Å². The Morgan fingerprint density at radius 1 is 0.815 bits per heavy atom. The van der Waals surface area contributed by atoms with Crippen LogP contribution in [-0.4, -0.2) is 24.6 Å². The van der Waals surface area contributed by atoms with Crippen LogP contribution >= 0.6 is 9.24 Å². The van der Waals surface area contributed by atoms with E-state index < -0.39 is 6.10 Å². The third-order valence-corrected chi connectivity index (χ3v) is 4.96. The van der Waals surface area contributed by atoms with Crippen LogP contribution in [-0.2, 0) is 0 Å². The van der Waals surface area contributed by atoms with Gasteiger partial charge in [0, 0.05) is 11.1 Å². The predicted molar refractivity (Wildman–Crippen MR) is 118 cm³/mol. The first kappa shape index (κ1) is 21.5. The van der Waals surface area contributed by atoms with Crippen LogP contribution in [0.15, 0.2) is 66.7 Å². The molecule has 4 heteroatoms. The van der Waals surface area contributed by atoms with Gasteiger partial charge >= 0.3 is 18.9 Å². The number of ether oxygens (including phenoxy) is 1. The summed E-state index contributed by atoms with van der Waals surface area (Å²) in [5.74, 6) is 0.675. The Balaban J connectivity index is 0.00000261. The zero-order chi connectivity index (χ0) is 18.7. The number of carbonyl (C=O) groups is 1. The van der Waals surface area contributed by atoms with Gasteiger partial charge in [0.1, 0.15) is 5.75 Å². The Kier molecular flexibility index (Phi) is 7.46. The average molecular weight is 370 g/mol. The Labute approximate surface area is 175 Å². The van der Waals surface area contributed by atoms with Gasteiger partial charge in [-0.15, -0.1) is 9.24 Å². The van der Waals surface area contributed by atoms with E-state index >= 15 is 0 Å². The van der Waals surface area contributed by atoms with Gasteiger partial charge in [-0.2, -0.15) is 0 Å². The van der Waals surface area contributed by atoms with Crippen molar-refractivity contribution < 1.29 is 9.53 Å². The Morgan fingerprint density at radius 2 is 1.37 bits per heavy atom. The molecule has 27 heavy (non-hydrogen) atoms. The first-order valence-electron chi connectivity index (χ1n) is 8.65. The second-order valence-corrected chi connectivity index (χ2v) is 7.22. The molecule has 0 aromatic heterocycles. The molecule has 0 aliphatic heterocycles. The van der Waals surface area contributed by atoms with Crippen molar-refractivity contribution in [2.24, 2.45) is 0 Å². The molecule has 0 amide bonds. The van der Waals surface area contributed by atoms with Crippen molar-refractivity contribution >= 4 is 39.2 Å². The minimum absolute atomic E-state index is 0. The third kappa shape index (κ3) is 4.91. The van der Waals surface area contributed by atoms with E-state index in [2.05, 4.69) is 9.24 Å². The van der Waals surface area contributed by atoms with E-state index in [0.29, 0.717) is 5.75 Å². The quantitative estimate of drug-likeness (QED) is 0.376. The molecule has 0 spiro atoms. The molecule has 2 unspecified atom stereocenters. The summed E-state index contributed by atoms with van der Waals surface area (Å²) in [5, 5.41) is 1.07. The summed E-state index contributed by atoms with van der Waals surface area (Å²) >= 11 is 0. The summed E-state index contributed by atoms with van der Waals surface area (Å²) in [6, 6.07) is 21.5. The Hall–Kier alpha value is -1.84. The number of Topliss-reactive ketones (excluding diaryl/α,β-unsaturated/α-hetero) is 1. The molecular formula is C23H24LiO2P. The number of aryl methyl sites for hydroxylation is 3. The van der Waals surface area contributed by atoms with Crippen LogP contribution in [0.1, 0.15) is 38.7 Å². The van der Waals surface area contributed by atoms with Gasteiger partial charge in [0.25, 0.3) is 0 Å². The van der Waals surface area contributed by atoms with Gasteiger partial charge in [-0.05, 0) is 54.9 Å². The van der Waals surface area contributed by atoms with Crippen molar-refractivity contribution in [3.05, 3.63) is 94.5 Å². The summed E-state index contributed by atoms with van der Waals surface area (Å²) in [6.45, 7) is 5.95. The first-order chi connectivity index (χ1) is 12.5. The maximum atomic E-state index is 13.5. The zero-order valence-electron chi connectivity index (χ0n) is 15.3. The molecule has 2 atom stereocenters. The van der Waals surface area contributed by atoms with Crippen molar-refractivity contribution in [2.45, 2.75) is 26.9 Å². The van der Waals surface area contributed by atoms with Gasteiger partial charge in [-0.3, -0.25) is 4.79 Å². The van der Waals surface area contributed by atoms with Crippen molar-refractivity contribution in [3.63, 3.8) is 0 Å². The summed E-state index contributed by atoms with van der Waals surface area (Å²) < 4.78 is 6.20. The molecule has 0 fully saturated rings. The van der Waals surface area contributed by atoms with Gasteiger partial charge in [-0.1, -0.05) is 54.6 Å². The van der Waals surface area contributed by atoms with E-state index in [1.807, 2.05) is 87.5 Å². The van der Waals surface area contributed by atoms with E-state index in [0.717, 1.165) is 33.1 Å². The number of benzene rings is 3. The van der Waals surface area contributed by atoms with E-state index in [-0.39, 0.29) is 24.6 Å². The van der Waals surface area contributed by atoms with Crippen molar-refractivity contribution in [1.82, 2.24) is 0 Å². The Bertz CT molecular complexity index is 915. The minimum atomic E-state index is -0.675. The van der Waals surface area contributed by atoms with E-state index in [4.69, 9.17) is 4.74 Å². The maximum absolute atomic E-state index is 13.5. The van der Waals surface area contributed by atoms with Crippen LogP contribution in [0.5, 0.6) is 5.75 Å². The molecule has 0 aliphatic rings. The normalized spacial score (nSPS) is 11.4. The molecular weight excluding hydrogens is 346 g/mol. The van der Waals surface area contributed by atoms with E-state index in [1.54, 1.807) is 0 Å². The summed E-state index contributed by atoms with van der Waals surface area (Å²) in [5.41, 5.74) is 4.62. The van der Waals surface area contributed by atoms with Crippen LogP contribution in [0.3, 0.4) is 0 Å². The number of ketones is 1. The fourth-order valence-electron chi connectivity index (χ4n) is 3.16. The molecule has 0 N–H and O–H groups in total. The fourth-order valence-corrected chi connectivity index (χ4v) is 3.35. The van der Waals surface area contributed by atoms with Crippen LogP contribution in [0, 0.1) is 20.8 Å². The molecule has 3 aromatic carbocycles. The van der Waals surface area contributed by atoms with Crippen LogP contribution in [0.2, 0.25) is 0 Å². The summed E-state index contributed by atoms with van der Waals surface area (Å²) in [6.07, 6.45) is -0.675. The molecule has 0 saturated carbocycles. The Morgan fingerprint density at radius 3 is 1.96 bits per heavy atom. The molecule has 2 nitrogen and oxygen atoms in total. The van der Waals surface area contributed by atoms with E-state index in [9.17, 15) is 4.79 Å². The van der Waals surface area contributed by atoms with Crippen LogP contribution in [0.25, 0.3) is 0 Å². The molecule has 0 aliphatic carbocycles. The van der Waals surface area contributed by atoms with Gasteiger partial charge < -0.3 is 4.74 Å². The predicted octanol–water partition coefficient (Wildman–Crippen LogP) is 4.47. The number of hydrogen-bond acceptors (Lipinski definition) is 2. The standard InChI is InChI=1S/C23H23O2P.Li.H/c1-15-7-4-5-10-20(15)23(25-18-11-13-19(26)14-12-18)22(24)21-16(2)8-6-9-17(21)3;;/h4-14,23H,26H2,1-3H3;;. The van der Waals surface area contributed by atoms with Crippen molar-refractivity contribution in [3.8, 4) is 5.75 Å². The van der Waals surface area contributed by atoms with Crippen molar-refractivity contribution in [2.75, 3.05) is 0 Å².